The average molecular weight is 533 g/mol. The maximum absolute atomic E-state index is 13.2. The maximum atomic E-state index is 13.2. The minimum Gasteiger partial charge on any atom is -0.481 e. The number of hydrogen-bond donors (Lipinski definition) is 8. The van der Waals surface area contributed by atoms with Gasteiger partial charge >= 0.3 is 17.9 Å². The summed E-state index contributed by atoms with van der Waals surface area (Å²) in [6.45, 7) is 0. The maximum Gasteiger partial charge on any atom is 0.326 e. The van der Waals surface area contributed by atoms with Crippen LogP contribution in [0.4, 0.5) is 0 Å². The fourth-order valence-electron chi connectivity index (χ4n) is 3.37. The normalized spacial score (nSPS) is 13.8. The minimum atomic E-state index is -1.87. The van der Waals surface area contributed by atoms with E-state index in [1.807, 2.05) is 5.32 Å². The van der Waals surface area contributed by atoms with Crippen molar-refractivity contribution in [1.82, 2.24) is 25.9 Å². The number of nitrogens with two attached hydrogens (primary N) is 1. The summed E-state index contributed by atoms with van der Waals surface area (Å²) in [5, 5.41) is 33.9. The lowest BCUT2D eigenvalue weighted by Gasteiger charge is -2.24. The van der Waals surface area contributed by atoms with Gasteiger partial charge in [-0.1, -0.05) is 30.3 Å². The Morgan fingerprint density at radius 2 is 1.34 bits per heavy atom. The number of benzene rings is 1. The lowest BCUT2D eigenvalue weighted by atomic mass is 10.0. The molecule has 38 heavy (non-hydrogen) atoms. The second-order valence-electron chi connectivity index (χ2n) is 8.29. The van der Waals surface area contributed by atoms with E-state index in [9.17, 15) is 33.9 Å². The van der Waals surface area contributed by atoms with Crippen molar-refractivity contribution in [3.05, 3.63) is 54.1 Å². The number of carbonyl (C=O) groups excluding carboxylic acids is 3. The first-order valence-corrected chi connectivity index (χ1v) is 11.3. The van der Waals surface area contributed by atoms with Gasteiger partial charge in [0.2, 0.25) is 17.7 Å². The van der Waals surface area contributed by atoms with E-state index in [1.165, 1.54) is 12.5 Å². The van der Waals surface area contributed by atoms with Crippen LogP contribution in [0.1, 0.15) is 24.1 Å². The van der Waals surface area contributed by atoms with Crippen molar-refractivity contribution in [1.29, 1.82) is 0 Å². The van der Waals surface area contributed by atoms with Crippen LogP contribution in [0.3, 0.4) is 0 Å². The average Bonchev–Trinajstić information content (AvgIpc) is 3.35. The third kappa shape index (κ3) is 9.69. The summed E-state index contributed by atoms with van der Waals surface area (Å²) in [7, 11) is 0. The van der Waals surface area contributed by atoms with Gasteiger partial charge in [0.1, 0.15) is 18.1 Å². The summed E-state index contributed by atoms with van der Waals surface area (Å²) >= 11 is 0. The van der Waals surface area contributed by atoms with Crippen LogP contribution in [0, 0.1) is 0 Å². The molecule has 0 spiro atoms. The van der Waals surface area contributed by atoms with Gasteiger partial charge in [-0.05, 0) is 5.56 Å². The van der Waals surface area contributed by atoms with Crippen molar-refractivity contribution in [2.45, 2.75) is 49.9 Å². The zero-order valence-corrected chi connectivity index (χ0v) is 20.0. The van der Waals surface area contributed by atoms with Crippen molar-refractivity contribution >= 4 is 35.6 Å². The quantitative estimate of drug-likeness (QED) is 0.125. The largest absolute Gasteiger partial charge is 0.481 e. The monoisotopic (exact) mass is 532 g/mol. The third-order valence-corrected chi connectivity index (χ3v) is 5.25. The first-order valence-electron chi connectivity index (χ1n) is 11.3. The van der Waals surface area contributed by atoms with Gasteiger partial charge in [-0.25, -0.2) is 9.78 Å². The van der Waals surface area contributed by atoms with Crippen LogP contribution in [0.5, 0.6) is 0 Å². The Bertz CT molecular complexity index is 1140. The Morgan fingerprint density at radius 3 is 1.89 bits per heavy atom. The number of carboxylic acid groups (broad SMARTS) is 3. The number of aromatic amines is 1. The van der Waals surface area contributed by atoms with Gasteiger partial charge < -0.3 is 42.0 Å². The van der Waals surface area contributed by atoms with Crippen molar-refractivity contribution in [3.8, 4) is 0 Å². The van der Waals surface area contributed by atoms with Crippen LogP contribution in [-0.2, 0) is 41.6 Å². The predicted molar refractivity (Wildman–Crippen MR) is 128 cm³/mol. The molecule has 0 radical (unpaired) electrons. The highest BCUT2D eigenvalue weighted by Crippen LogP contribution is 2.07. The van der Waals surface area contributed by atoms with E-state index in [4.69, 9.17) is 15.9 Å². The van der Waals surface area contributed by atoms with Crippen molar-refractivity contribution in [2.75, 3.05) is 0 Å². The molecule has 2 rings (SSSR count). The number of carboxylic acids is 3. The molecule has 0 aliphatic carbocycles. The number of amides is 3. The number of H-pyrrole nitrogens is 1. The fourth-order valence-corrected chi connectivity index (χ4v) is 3.37. The molecule has 4 unspecified atom stereocenters. The van der Waals surface area contributed by atoms with Crippen molar-refractivity contribution in [3.63, 3.8) is 0 Å². The molecule has 1 heterocycles. The van der Waals surface area contributed by atoms with Gasteiger partial charge in [-0.2, -0.15) is 0 Å². The summed E-state index contributed by atoms with van der Waals surface area (Å²) < 4.78 is 0. The number of hydrogen-bond acceptors (Lipinski definition) is 8. The lowest BCUT2D eigenvalue weighted by Crippen LogP contribution is -2.58. The molecule has 1 aromatic heterocycles. The topological polar surface area (TPSA) is 254 Å². The Balaban J connectivity index is 2.21. The lowest BCUT2D eigenvalue weighted by molar-refractivity contribution is -0.148. The Labute approximate surface area is 215 Å². The van der Waals surface area contributed by atoms with Gasteiger partial charge in [0.25, 0.3) is 0 Å². The molecule has 0 bridgehead atoms. The molecule has 2 aromatic rings. The highest BCUT2D eigenvalue weighted by atomic mass is 16.4. The Kier molecular flexibility index (Phi) is 10.9. The molecule has 15 nitrogen and oxygen atoms in total. The minimum absolute atomic E-state index is 0.0482. The first-order chi connectivity index (χ1) is 18.0. The van der Waals surface area contributed by atoms with Crippen LogP contribution in [0.25, 0.3) is 0 Å². The number of aromatic nitrogens is 2. The molecule has 0 saturated heterocycles. The van der Waals surface area contributed by atoms with Gasteiger partial charge in [-0.3, -0.25) is 24.0 Å². The van der Waals surface area contributed by atoms with E-state index in [2.05, 4.69) is 20.6 Å². The molecule has 0 saturated carbocycles. The SMILES string of the molecule is NC(Cc1cnc[nH]1)C(=O)NC(Cc1ccccc1)C(=O)NC(CC(=O)O)C(=O)NC(CC(=O)O)C(=O)O. The standard InChI is InChI=1S/C23H28N6O9/c24-14(7-13-10-25-11-26-13)20(34)27-15(6-12-4-2-1-3-5-12)21(35)28-16(8-18(30)31)22(36)29-17(23(37)38)9-19(32)33/h1-5,10-11,14-17H,6-9,24H2,(H,25,26)(H,27,34)(H,28,35)(H,29,36)(H,30,31)(H,32,33)(H,37,38). The van der Waals surface area contributed by atoms with Gasteiger partial charge in [0, 0.05) is 24.7 Å². The molecule has 0 aliphatic rings. The van der Waals surface area contributed by atoms with E-state index >= 15 is 0 Å². The Hall–Kier alpha value is -4.79. The summed E-state index contributed by atoms with van der Waals surface area (Å²) in [5.41, 5.74) is 7.15. The van der Waals surface area contributed by atoms with Gasteiger partial charge in [0.05, 0.1) is 25.2 Å². The molecule has 0 aliphatic heterocycles. The highest BCUT2D eigenvalue weighted by molar-refractivity contribution is 5.96. The summed E-state index contributed by atoms with van der Waals surface area (Å²) in [6, 6.07) is 2.49. The van der Waals surface area contributed by atoms with Crippen molar-refractivity contribution < 1.29 is 44.1 Å². The molecular weight excluding hydrogens is 504 g/mol. The Morgan fingerprint density at radius 1 is 0.789 bits per heavy atom. The first kappa shape index (κ1) is 29.4. The third-order valence-electron chi connectivity index (χ3n) is 5.25. The molecule has 204 valence electrons. The molecule has 15 heteroatoms. The second-order valence-corrected chi connectivity index (χ2v) is 8.29. The highest BCUT2D eigenvalue weighted by Gasteiger charge is 2.32. The summed E-state index contributed by atoms with van der Waals surface area (Å²) in [6.07, 6.45) is 0.997. The molecule has 0 fully saturated rings. The van der Waals surface area contributed by atoms with Gasteiger partial charge in [0.15, 0.2) is 0 Å². The molecular formula is C23H28N6O9. The van der Waals surface area contributed by atoms with Crippen LogP contribution in [0.2, 0.25) is 0 Å². The van der Waals surface area contributed by atoms with E-state index in [0.717, 1.165) is 0 Å². The zero-order chi connectivity index (χ0) is 28.2. The van der Waals surface area contributed by atoms with Crippen LogP contribution >= 0.6 is 0 Å². The number of imidazole rings is 1. The summed E-state index contributed by atoms with van der Waals surface area (Å²) in [4.78, 5) is 78.7. The molecule has 4 atom stereocenters. The number of rotatable bonds is 15. The predicted octanol–water partition coefficient (Wildman–Crippen LogP) is -1.99. The molecule has 3 amide bonds. The van der Waals surface area contributed by atoms with E-state index in [0.29, 0.717) is 11.3 Å². The van der Waals surface area contributed by atoms with Crippen LogP contribution in [0.15, 0.2) is 42.9 Å². The van der Waals surface area contributed by atoms with E-state index < -0.39 is 72.6 Å². The fraction of sp³-hybridized carbons (Fsp3) is 0.348. The summed E-state index contributed by atoms with van der Waals surface area (Å²) in [5.74, 6) is -7.56. The number of carbonyl (C=O) groups is 6. The van der Waals surface area contributed by atoms with Crippen LogP contribution < -0.4 is 21.7 Å². The zero-order valence-electron chi connectivity index (χ0n) is 20.0. The molecule has 9 N–H and O–H groups in total. The second kappa shape index (κ2) is 14.1. The van der Waals surface area contributed by atoms with Gasteiger partial charge in [-0.15, -0.1) is 0 Å². The smallest absolute Gasteiger partial charge is 0.326 e. The van der Waals surface area contributed by atoms with E-state index in [-0.39, 0.29) is 12.8 Å². The molecule has 1 aromatic carbocycles. The van der Waals surface area contributed by atoms with Crippen LogP contribution in [-0.4, -0.2) is 85.1 Å². The number of nitrogens with zero attached hydrogens (tertiary/aromatic N) is 1. The number of nitrogens with one attached hydrogen (secondary N) is 4. The number of aliphatic carboxylic acids is 3. The van der Waals surface area contributed by atoms with E-state index in [1.54, 1.807) is 30.3 Å². The van der Waals surface area contributed by atoms with Crippen molar-refractivity contribution in [2.24, 2.45) is 5.73 Å².